The molecule has 0 aliphatic rings. The third kappa shape index (κ3) is 3.74. The van der Waals surface area contributed by atoms with E-state index in [2.05, 4.69) is 62.0 Å². The Labute approximate surface area is 123 Å². The van der Waals surface area contributed by atoms with Crippen molar-refractivity contribution in [1.29, 1.82) is 0 Å². The van der Waals surface area contributed by atoms with Gasteiger partial charge in [-0.05, 0) is 18.4 Å². The number of hydrogen-bond donors (Lipinski definition) is 1. The number of hydrogen-bond acceptors (Lipinski definition) is 4. The van der Waals surface area contributed by atoms with Crippen molar-refractivity contribution in [3.05, 3.63) is 40.3 Å². The van der Waals surface area contributed by atoms with Gasteiger partial charge in [-0.2, -0.15) is 0 Å². The van der Waals surface area contributed by atoms with Crippen LogP contribution >= 0.6 is 23.1 Å². The molecule has 0 fully saturated rings. The van der Waals surface area contributed by atoms with E-state index in [4.69, 9.17) is 4.98 Å². The highest BCUT2D eigenvalue weighted by Gasteiger charge is 2.17. The summed E-state index contributed by atoms with van der Waals surface area (Å²) < 4.78 is 0. The molecule has 19 heavy (non-hydrogen) atoms. The molecule has 2 aromatic rings. The summed E-state index contributed by atoms with van der Waals surface area (Å²) in [6.07, 6.45) is 2.10. The molecule has 1 aromatic carbocycles. The molecule has 1 heterocycles. The van der Waals surface area contributed by atoms with Crippen molar-refractivity contribution in [1.82, 2.24) is 4.98 Å². The zero-order chi connectivity index (χ0) is 13.9. The number of thiazole rings is 1. The molecule has 0 radical (unpaired) electrons. The van der Waals surface area contributed by atoms with Crippen LogP contribution in [-0.2, 0) is 12.0 Å². The molecule has 4 heteroatoms. The Morgan fingerprint density at radius 1 is 1.26 bits per heavy atom. The number of aromatic nitrogens is 1. The molecule has 0 amide bonds. The quantitative estimate of drug-likeness (QED) is 0.821. The van der Waals surface area contributed by atoms with Crippen LogP contribution in [0, 0.1) is 0 Å². The third-order valence-electron chi connectivity index (χ3n) is 2.76. The van der Waals surface area contributed by atoms with Crippen LogP contribution in [0.2, 0.25) is 0 Å². The van der Waals surface area contributed by atoms with E-state index >= 15 is 0 Å². The Bertz CT molecular complexity index is 541. The minimum atomic E-state index is 0.139. The molecule has 1 aromatic heterocycles. The molecule has 2 rings (SSSR count). The van der Waals surface area contributed by atoms with Gasteiger partial charge in [-0.15, -0.1) is 23.1 Å². The Hall–Kier alpha value is -1.00. The van der Waals surface area contributed by atoms with Gasteiger partial charge in [0.2, 0.25) is 0 Å². The molecule has 0 saturated carbocycles. The van der Waals surface area contributed by atoms with Crippen LogP contribution in [0.3, 0.4) is 0 Å². The van der Waals surface area contributed by atoms with Gasteiger partial charge in [-0.1, -0.05) is 32.9 Å². The van der Waals surface area contributed by atoms with Crippen molar-refractivity contribution in [2.75, 3.05) is 11.6 Å². The predicted octanol–water partition coefficient (Wildman–Crippen LogP) is 4.77. The smallest absolute Gasteiger partial charge is 0.0982 e. The second-order valence-corrected chi connectivity index (χ2v) is 7.15. The summed E-state index contributed by atoms with van der Waals surface area (Å²) in [5.74, 6) is 0. The van der Waals surface area contributed by atoms with E-state index < -0.39 is 0 Å². The lowest BCUT2D eigenvalue weighted by Crippen LogP contribution is -2.11. The number of anilines is 1. The minimum absolute atomic E-state index is 0.139. The molecular formula is C15H20N2S2. The summed E-state index contributed by atoms with van der Waals surface area (Å²) in [6.45, 7) is 7.38. The summed E-state index contributed by atoms with van der Waals surface area (Å²) in [5, 5.41) is 6.81. The maximum absolute atomic E-state index is 4.70. The van der Waals surface area contributed by atoms with Crippen LogP contribution in [0.15, 0.2) is 34.5 Å². The molecule has 0 spiro atoms. The Kier molecular flexibility index (Phi) is 4.53. The zero-order valence-corrected chi connectivity index (χ0v) is 13.5. The van der Waals surface area contributed by atoms with E-state index in [9.17, 15) is 0 Å². The molecule has 0 aliphatic heterocycles. The van der Waals surface area contributed by atoms with Gasteiger partial charge >= 0.3 is 0 Å². The maximum atomic E-state index is 4.70. The van der Waals surface area contributed by atoms with E-state index in [0.717, 1.165) is 12.2 Å². The van der Waals surface area contributed by atoms with Crippen LogP contribution in [0.5, 0.6) is 0 Å². The van der Waals surface area contributed by atoms with Crippen molar-refractivity contribution in [3.8, 4) is 0 Å². The van der Waals surface area contributed by atoms with Crippen LogP contribution in [0.4, 0.5) is 5.69 Å². The van der Waals surface area contributed by atoms with Gasteiger partial charge in [-0.25, -0.2) is 4.98 Å². The fraction of sp³-hybridized carbons (Fsp3) is 0.400. The predicted molar refractivity (Wildman–Crippen MR) is 86.4 cm³/mol. The van der Waals surface area contributed by atoms with Crippen molar-refractivity contribution < 1.29 is 0 Å². The topological polar surface area (TPSA) is 24.9 Å². The molecule has 0 atom stereocenters. The van der Waals surface area contributed by atoms with Crippen LogP contribution < -0.4 is 5.32 Å². The molecule has 0 unspecified atom stereocenters. The molecule has 0 aliphatic carbocycles. The van der Waals surface area contributed by atoms with Gasteiger partial charge in [0.25, 0.3) is 0 Å². The second-order valence-electron chi connectivity index (χ2n) is 5.45. The van der Waals surface area contributed by atoms with Gasteiger partial charge in [-0.3, -0.25) is 0 Å². The molecule has 2 nitrogen and oxygen atoms in total. The monoisotopic (exact) mass is 292 g/mol. The molecule has 1 N–H and O–H groups in total. The van der Waals surface area contributed by atoms with Gasteiger partial charge in [0.05, 0.1) is 17.2 Å². The lowest BCUT2D eigenvalue weighted by atomic mass is 9.98. The van der Waals surface area contributed by atoms with Crippen LogP contribution in [0.25, 0.3) is 0 Å². The third-order valence-corrected chi connectivity index (χ3v) is 4.87. The van der Waals surface area contributed by atoms with Crippen molar-refractivity contribution in [3.63, 3.8) is 0 Å². The normalized spacial score (nSPS) is 11.6. The van der Waals surface area contributed by atoms with Crippen molar-refractivity contribution >= 4 is 28.8 Å². The SMILES string of the molecule is CSc1ccccc1NCc1csc(C(C)(C)C)n1. The molecular weight excluding hydrogens is 272 g/mol. The Balaban J connectivity index is 2.05. The highest BCUT2D eigenvalue weighted by molar-refractivity contribution is 7.98. The van der Waals surface area contributed by atoms with Gasteiger partial charge in [0, 0.05) is 21.4 Å². The number of nitrogens with zero attached hydrogens (tertiary/aromatic N) is 1. The number of rotatable bonds is 4. The van der Waals surface area contributed by atoms with E-state index in [0.29, 0.717) is 0 Å². The fourth-order valence-electron chi connectivity index (χ4n) is 1.71. The molecule has 0 bridgehead atoms. The second kappa shape index (κ2) is 5.97. The van der Waals surface area contributed by atoms with Crippen molar-refractivity contribution in [2.24, 2.45) is 0 Å². The fourth-order valence-corrected chi connectivity index (χ4v) is 3.19. The first-order chi connectivity index (χ1) is 9.00. The summed E-state index contributed by atoms with van der Waals surface area (Å²) in [5.41, 5.74) is 2.44. The van der Waals surface area contributed by atoms with Gasteiger partial charge in [0.1, 0.15) is 0 Å². The Morgan fingerprint density at radius 2 is 2.00 bits per heavy atom. The lowest BCUT2D eigenvalue weighted by Gasteiger charge is -2.13. The van der Waals surface area contributed by atoms with Crippen LogP contribution in [0.1, 0.15) is 31.5 Å². The van der Waals surface area contributed by atoms with Crippen LogP contribution in [-0.4, -0.2) is 11.2 Å². The average Bonchev–Trinajstić information content (AvgIpc) is 2.85. The van der Waals surface area contributed by atoms with Gasteiger partial charge < -0.3 is 5.32 Å². The number of thioether (sulfide) groups is 1. The minimum Gasteiger partial charge on any atom is -0.378 e. The summed E-state index contributed by atoms with van der Waals surface area (Å²) in [6, 6.07) is 8.37. The molecule has 102 valence electrons. The standard InChI is InChI=1S/C15H20N2S2/c1-15(2,3)14-17-11(10-19-14)9-16-12-7-5-6-8-13(12)18-4/h5-8,10,16H,9H2,1-4H3. The van der Waals surface area contributed by atoms with Crippen molar-refractivity contribution in [2.45, 2.75) is 37.6 Å². The first kappa shape index (κ1) is 14.4. The summed E-state index contributed by atoms with van der Waals surface area (Å²) >= 11 is 3.50. The van der Waals surface area contributed by atoms with E-state index in [1.807, 2.05) is 0 Å². The highest BCUT2D eigenvalue weighted by Crippen LogP contribution is 2.27. The van der Waals surface area contributed by atoms with Gasteiger partial charge in [0.15, 0.2) is 0 Å². The number of benzene rings is 1. The maximum Gasteiger partial charge on any atom is 0.0982 e. The highest BCUT2D eigenvalue weighted by atomic mass is 32.2. The largest absolute Gasteiger partial charge is 0.378 e. The first-order valence-corrected chi connectivity index (χ1v) is 8.43. The summed E-state index contributed by atoms with van der Waals surface area (Å²) in [7, 11) is 0. The molecule has 0 saturated heterocycles. The van der Waals surface area contributed by atoms with E-state index in [1.54, 1.807) is 23.1 Å². The number of nitrogens with one attached hydrogen (secondary N) is 1. The van der Waals surface area contributed by atoms with E-state index in [-0.39, 0.29) is 5.41 Å². The number of para-hydroxylation sites is 1. The average molecular weight is 292 g/mol. The lowest BCUT2D eigenvalue weighted by molar-refractivity contribution is 0.583. The zero-order valence-electron chi connectivity index (χ0n) is 11.9. The first-order valence-electron chi connectivity index (χ1n) is 6.32. The Morgan fingerprint density at radius 3 is 2.63 bits per heavy atom. The van der Waals surface area contributed by atoms with E-state index in [1.165, 1.54) is 15.6 Å². The summed E-state index contributed by atoms with van der Waals surface area (Å²) in [4.78, 5) is 5.97.